The third-order valence-electron chi connectivity index (χ3n) is 3.21. The Hall–Kier alpha value is -1.98. The Bertz CT molecular complexity index is 643. The summed E-state index contributed by atoms with van der Waals surface area (Å²) in [5.41, 5.74) is 12.0. The van der Waals surface area contributed by atoms with Gasteiger partial charge in [0.05, 0.1) is 6.42 Å². The number of benzene rings is 2. The lowest BCUT2D eigenvalue weighted by Gasteiger charge is -2.10. The smallest absolute Gasteiger partial charge is 0.238 e. The van der Waals surface area contributed by atoms with E-state index < -0.39 is 0 Å². The van der Waals surface area contributed by atoms with E-state index in [0.29, 0.717) is 6.42 Å². The molecule has 0 bridgehead atoms. The number of hydrogen-bond acceptors (Lipinski definition) is 4. The zero-order valence-corrected chi connectivity index (χ0v) is 12.7. The van der Waals surface area contributed by atoms with Gasteiger partial charge in [0, 0.05) is 16.3 Å². The fourth-order valence-electron chi connectivity index (χ4n) is 2.08. The summed E-state index contributed by atoms with van der Waals surface area (Å²) in [6.45, 7) is 2.05. The summed E-state index contributed by atoms with van der Waals surface area (Å²) < 4.78 is 0. The van der Waals surface area contributed by atoms with E-state index in [2.05, 4.69) is 5.43 Å². The van der Waals surface area contributed by atoms with Crippen LogP contribution in [0.5, 0.6) is 0 Å². The minimum absolute atomic E-state index is 0.184. The first kappa shape index (κ1) is 15.4. The summed E-state index contributed by atoms with van der Waals surface area (Å²) in [4.78, 5) is 12.6. The number of hydrazine groups is 1. The number of carbonyl (C=O) groups is 1. The summed E-state index contributed by atoms with van der Waals surface area (Å²) in [6.07, 6.45) is 0.300. The van der Waals surface area contributed by atoms with E-state index in [1.54, 1.807) is 11.8 Å². The molecule has 2 aromatic rings. The maximum absolute atomic E-state index is 11.4. The monoisotopic (exact) mass is 301 g/mol. The summed E-state index contributed by atoms with van der Waals surface area (Å²) >= 11 is 1.74. The minimum atomic E-state index is -0.184. The lowest BCUT2D eigenvalue weighted by Crippen LogP contribution is -2.31. The SMILES string of the molecule is Cc1cc(N)ccc1SCc1ccccc1CC(=O)NN. The molecule has 2 aromatic carbocycles. The van der Waals surface area contributed by atoms with Crippen LogP contribution in [-0.4, -0.2) is 5.91 Å². The van der Waals surface area contributed by atoms with Gasteiger partial charge in [0.2, 0.25) is 5.91 Å². The Morgan fingerprint density at radius 3 is 2.57 bits per heavy atom. The largest absolute Gasteiger partial charge is 0.399 e. The Morgan fingerprint density at radius 2 is 1.90 bits per heavy atom. The molecule has 2 rings (SSSR count). The van der Waals surface area contributed by atoms with Crippen molar-refractivity contribution >= 4 is 23.4 Å². The second-order valence-electron chi connectivity index (χ2n) is 4.83. The van der Waals surface area contributed by atoms with Crippen LogP contribution >= 0.6 is 11.8 Å². The molecular weight excluding hydrogens is 282 g/mol. The van der Waals surface area contributed by atoms with Gasteiger partial charge in [-0.2, -0.15) is 0 Å². The Labute approximate surface area is 128 Å². The van der Waals surface area contributed by atoms with E-state index in [1.807, 2.05) is 49.4 Å². The van der Waals surface area contributed by atoms with E-state index in [-0.39, 0.29) is 5.91 Å². The van der Waals surface area contributed by atoms with Crippen molar-refractivity contribution in [1.82, 2.24) is 5.43 Å². The molecule has 21 heavy (non-hydrogen) atoms. The summed E-state index contributed by atoms with van der Waals surface area (Å²) in [5, 5.41) is 0. The second kappa shape index (κ2) is 7.15. The highest BCUT2D eigenvalue weighted by Crippen LogP contribution is 2.28. The molecule has 0 spiro atoms. The lowest BCUT2D eigenvalue weighted by atomic mass is 10.1. The highest BCUT2D eigenvalue weighted by atomic mass is 32.2. The fourth-order valence-corrected chi connectivity index (χ4v) is 3.13. The van der Waals surface area contributed by atoms with E-state index >= 15 is 0 Å². The lowest BCUT2D eigenvalue weighted by molar-refractivity contribution is -0.120. The van der Waals surface area contributed by atoms with Crippen LogP contribution in [0.15, 0.2) is 47.4 Å². The zero-order chi connectivity index (χ0) is 15.2. The van der Waals surface area contributed by atoms with Crippen LogP contribution < -0.4 is 17.0 Å². The first-order valence-corrected chi connectivity index (χ1v) is 7.64. The maximum Gasteiger partial charge on any atom is 0.238 e. The van der Waals surface area contributed by atoms with Gasteiger partial charge in [-0.1, -0.05) is 24.3 Å². The van der Waals surface area contributed by atoms with Crippen LogP contribution in [0.3, 0.4) is 0 Å². The van der Waals surface area contributed by atoms with Crippen LogP contribution in [0.2, 0.25) is 0 Å². The maximum atomic E-state index is 11.4. The molecule has 0 fully saturated rings. The summed E-state index contributed by atoms with van der Waals surface area (Å²) in [7, 11) is 0. The summed E-state index contributed by atoms with van der Waals surface area (Å²) in [5.74, 6) is 5.77. The van der Waals surface area contributed by atoms with Crippen LogP contribution in [0.1, 0.15) is 16.7 Å². The van der Waals surface area contributed by atoms with Gasteiger partial charge < -0.3 is 5.73 Å². The number of nitrogens with two attached hydrogens (primary N) is 2. The van der Waals surface area contributed by atoms with Gasteiger partial charge in [0.15, 0.2) is 0 Å². The molecule has 0 aliphatic heterocycles. The molecule has 0 atom stereocenters. The van der Waals surface area contributed by atoms with Crippen molar-refractivity contribution in [3.63, 3.8) is 0 Å². The standard InChI is InChI=1S/C16H19N3OS/c1-11-8-14(17)6-7-15(11)21-10-13-5-3-2-4-12(13)9-16(20)19-18/h2-8H,9-10,17-18H2,1H3,(H,19,20). The summed E-state index contributed by atoms with van der Waals surface area (Å²) in [6, 6.07) is 13.8. The molecule has 0 radical (unpaired) electrons. The molecule has 1 amide bonds. The average molecular weight is 301 g/mol. The topological polar surface area (TPSA) is 81.1 Å². The van der Waals surface area contributed by atoms with Crippen LogP contribution in [0.4, 0.5) is 5.69 Å². The van der Waals surface area contributed by atoms with E-state index in [0.717, 1.165) is 28.1 Å². The fraction of sp³-hybridized carbons (Fsp3) is 0.188. The van der Waals surface area contributed by atoms with Gasteiger partial charge in [-0.3, -0.25) is 10.2 Å². The Kier molecular flexibility index (Phi) is 5.25. The van der Waals surface area contributed by atoms with Gasteiger partial charge >= 0.3 is 0 Å². The molecule has 0 saturated carbocycles. The molecule has 0 saturated heterocycles. The third-order valence-corrected chi connectivity index (χ3v) is 4.44. The molecule has 0 aliphatic carbocycles. The number of aryl methyl sites for hydroxylation is 1. The van der Waals surface area contributed by atoms with Crippen molar-refractivity contribution in [2.45, 2.75) is 24.0 Å². The number of carbonyl (C=O) groups excluding carboxylic acids is 1. The van der Waals surface area contributed by atoms with Gasteiger partial charge in [0.1, 0.15) is 0 Å². The van der Waals surface area contributed by atoms with E-state index in [4.69, 9.17) is 11.6 Å². The first-order valence-electron chi connectivity index (χ1n) is 6.65. The van der Waals surface area contributed by atoms with Crippen LogP contribution in [-0.2, 0) is 17.0 Å². The van der Waals surface area contributed by atoms with E-state index in [1.165, 1.54) is 4.90 Å². The number of anilines is 1. The molecule has 4 nitrogen and oxygen atoms in total. The Balaban J connectivity index is 2.11. The van der Waals surface area contributed by atoms with Crippen molar-refractivity contribution in [3.8, 4) is 0 Å². The van der Waals surface area contributed by atoms with Crippen molar-refractivity contribution < 1.29 is 4.79 Å². The number of rotatable bonds is 5. The highest BCUT2D eigenvalue weighted by molar-refractivity contribution is 7.98. The van der Waals surface area contributed by atoms with Crippen LogP contribution in [0.25, 0.3) is 0 Å². The quantitative estimate of drug-likeness (QED) is 0.260. The van der Waals surface area contributed by atoms with Gasteiger partial charge in [-0.25, -0.2) is 5.84 Å². The van der Waals surface area contributed by atoms with Crippen molar-refractivity contribution in [3.05, 3.63) is 59.2 Å². The number of thioether (sulfide) groups is 1. The van der Waals surface area contributed by atoms with Crippen LogP contribution in [0, 0.1) is 6.92 Å². The molecule has 5 N–H and O–H groups in total. The van der Waals surface area contributed by atoms with Gasteiger partial charge in [-0.15, -0.1) is 11.8 Å². The number of hydrogen-bond donors (Lipinski definition) is 3. The van der Waals surface area contributed by atoms with Gasteiger partial charge in [-0.05, 0) is 41.8 Å². The molecule has 0 heterocycles. The minimum Gasteiger partial charge on any atom is -0.399 e. The van der Waals surface area contributed by atoms with Crippen molar-refractivity contribution in [2.75, 3.05) is 5.73 Å². The second-order valence-corrected chi connectivity index (χ2v) is 5.84. The molecule has 0 aromatic heterocycles. The molecule has 110 valence electrons. The first-order chi connectivity index (χ1) is 10.1. The number of amides is 1. The van der Waals surface area contributed by atoms with E-state index in [9.17, 15) is 4.79 Å². The number of nitrogen functional groups attached to an aromatic ring is 1. The molecule has 0 aliphatic rings. The molecule has 5 heteroatoms. The highest BCUT2D eigenvalue weighted by Gasteiger charge is 2.08. The normalized spacial score (nSPS) is 10.4. The third kappa shape index (κ3) is 4.24. The average Bonchev–Trinajstić information content (AvgIpc) is 2.47. The molecule has 0 unspecified atom stereocenters. The van der Waals surface area contributed by atoms with Crippen molar-refractivity contribution in [1.29, 1.82) is 0 Å². The Morgan fingerprint density at radius 1 is 1.19 bits per heavy atom. The predicted molar refractivity (Wildman–Crippen MR) is 87.6 cm³/mol. The van der Waals surface area contributed by atoms with Crippen molar-refractivity contribution in [2.24, 2.45) is 5.84 Å². The number of nitrogens with one attached hydrogen (secondary N) is 1. The zero-order valence-electron chi connectivity index (χ0n) is 11.9. The van der Waals surface area contributed by atoms with Gasteiger partial charge in [0.25, 0.3) is 0 Å². The molecular formula is C16H19N3OS. The predicted octanol–water partition coefficient (Wildman–Crippen LogP) is 2.40.